The van der Waals surface area contributed by atoms with Crippen molar-refractivity contribution in [3.05, 3.63) is 88.4 Å². The van der Waals surface area contributed by atoms with E-state index in [1.165, 1.54) is 30.5 Å². The van der Waals surface area contributed by atoms with E-state index in [0.29, 0.717) is 6.04 Å². The van der Waals surface area contributed by atoms with Crippen LogP contribution in [0, 0.1) is 5.92 Å². The van der Waals surface area contributed by atoms with Gasteiger partial charge in [-0.2, -0.15) is 0 Å². The molecular weight excluding hydrogens is 370 g/mol. The van der Waals surface area contributed by atoms with Gasteiger partial charge in [-0.3, -0.25) is 0 Å². The van der Waals surface area contributed by atoms with Gasteiger partial charge in [-0.1, -0.05) is 64.5 Å². The summed E-state index contributed by atoms with van der Waals surface area (Å²) >= 11 is 3.53. The molecule has 0 saturated carbocycles. The van der Waals surface area contributed by atoms with Crippen molar-refractivity contribution in [3.8, 4) is 0 Å². The maximum atomic E-state index is 3.53. The van der Waals surface area contributed by atoms with Gasteiger partial charge in [0.15, 0.2) is 0 Å². The Morgan fingerprint density at radius 3 is 2.60 bits per heavy atom. The van der Waals surface area contributed by atoms with Crippen molar-refractivity contribution in [2.45, 2.75) is 31.7 Å². The number of aryl methyl sites for hydroxylation is 1. The van der Waals surface area contributed by atoms with Crippen LogP contribution in [-0.4, -0.2) is 12.6 Å². The predicted molar refractivity (Wildman–Crippen MR) is 110 cm³/mol. The van der Waals surface area contributed by atoms with Crippen LogP contribution in [0.25, 0.3) is 0 Å². The van der Waals surface area contributed by atoms with Gasteiger partial charge in [-0.15, -0.1) is 0 Å². The molecule has 0 N–H and O–H groups in total. The van der Waals surface area contributed by atoms with Gasteiger partial charge < -0.3 is 4.90 Å². The summed E-state index contributed by atoms with van der Waals surface area (Å²) in [5, 5.41) is 0. The Morgan fingerprint density at radius 2 is 1.80 bits per heavy atom. The first-order valence-corrected chi connectivity index (χ1v) is 10.0. The number of anilines is 1. The van der Waals surface area contributed by atoms with Gasteiger partial charge in [0.25, 0.3) is 0 Å². The van der Waals surface area contributed by atoms with Gasteiger partial charge in [-0.25, -0.2) is 0 Å². The molecular formula is C23H24BrN. The van der Waals surface area contributed by atoms with E-state index in [4.69, 9.17) is 0 Å². The fourth-order valence-electron chi connectivity index (χ4n) is 4.20. The molecule has 1 heterocycles. The Bertz CT molecular complexity index is 760. The van der Waals surface area contributed by atoms with Gasteiger partial charge in [-0.05, 0) is 67.0 Å². The summed E-state index contributed by atoms with van der Waals surface area (Å²) in [4.78, 5) is 2.63. The van der Waals surface area contributed by atoms with Crippen LogP contribution in [0.5, 0.6) is 0 Å². The largest absolute Gasteiger partial charge is 0.365 e. The number of fused-ring (bicyclic) bond motifs is 1. The smallest absolute Gasteiger partial charge is 0.0511 e. The van der Waals surface area contributed by atoms with Crippen LogP contribution in [0.3, 0.4) is 0 Å². The summed E-state index contributed by atoms with van der Waals surface area (Å²) in [6, 6.07) is 20.2. The lowest BCUT2D eigenvalue weighted by molar-refractivity contribution is 0.428. The minimum absolute atomic E-state index is 0.509. The Labute approximate surface area is 159 Å². The highest BCUT2D eigenvalue weighted by Gasteiger charge is 2.32. The van der Waals surface area contributed by atoms with E-state index in [-0.39, 0.29) is 0 Å². The minimum Gasteiger partial charge on any atom is -0.365 e. The van der Waals surface area contributed by atoms with E-state index in [1.807, 2.05) is 0 Å². The number of nitrogens with zero attached hydrogens (tertiary/aromatic N) is 1. The highest BCUT2D eigenvalue weighted by atomic mass is 79.9. The second-order valence-electron chi connectivity index (χ2n) is 7.03. The molecule has 2 heteroatoms. The zero-order valence-electron chi connectivity index (χ0n) is 14.4. The van der Waals surface area contributed by atoms with Gasteiger partial charge in [0.05, 0.1) is 6.04 Å². The minimum atomic E-state index is 0.509. The lowest BCUT2D eigenvalue weighted by atomic mass is 9.78. The van der Waals surface area contributed by atoms with Gasteiger partial charge >= 0.3 is 0 Å². The van der Waals surface area contributed by atoms with Crippen molar-refractivity contribution in [2.24, 2.45) is 5.92 Å². The third-order valence-electron chi connectivity index (χ3n) is 5.50. The first-order chi connectivity index (χ1) is 12.3. The van der Waals surface area contributed by atoms with E-state index in [9.17, 15) is 0 Å². The number of piperidine rings is 1. The molecule has 1 nitrogen and oxygen atoms in total. The van der Waals surface area contributed by atoms with Gasteiger partial charge in [0.2, 0.25) is 0 Å². The number of para-hydroxylation sites is 1. The number of halogens is 1. The molecule has 0 radical (unpaired) electrons. The fourth-order valence-corrected chi connectivity index (χ4v) is 4.46. The van der Waals surface area contributed by atoms with Crippen molar-refractivity contribution in [1.29, 1.82) is 0 Å². The summed E-state index contributed by atoms with van der Waals surface area (Å²) in [6.45, 7) is 1.16. The topological polar surface area (TPSA) is 3.24 Å². The summed E-state index contributed by atoms with van der Waals surface area (Å²) < 4.78 is 1.15. The lowest BCUT2D eigenvalue weighted by Crippen LogP contribution is -2.45. The predicted octanol–water partition coefficient (Wildman–Crippen LogP) is 6.16. The molecule has 1 saturated heterocycles. The van der Waals surface area contributed by atoms with E-state index >= 15 is 0 Å². The Hall–Kier alpha value is -1.80. The molecule has 128 valence electrons. The third-order valence-corrected chi connectivity index (χ3v) is 6.03. The molecule has 2 atom stereocenters. The lowest BCUT2D eigenvalue weighted by Gasteiger charge is -2.44. The maximum absolute atomic E-state index is 3.53. The Morgan fingerprint density at radius 1 is 1.00 bits per heavy atom. The molecule has 2 aliphatic rings. The van der Waals surface area contributed by atoms with E-state index < -0.39 is 0 Å². The molecule has 1 aliphatic heterocycles. The first-order valence-electron chi connectivity index (χ1n) is 9.24. The molecule has 0 amide bonds. The zero-order valence-corrected chi connectivity index (χ0v) is 16.0. The second kappa shape index (κ2) is 7.61. The molecule has 25 heavy (non-hydrogen) atoms. The number of hydrogen-bond acceptors (Lipinski definition) is 1. The number of benzene rings is 2. The summed E-state index contributed by atoms with van der Waals surface area (Å²) in [5.74, 6) is 0.736. The first kappa shape index (κ1) is 16.7. The zero-order chi connectivity index (χ0) is 17.1. The van der Waals surface area contributed by atoms with Crippen LogP contribution in [0.4, 0.5) is 5.69 Å². The molecule has 1 fully saturated rings. The molecule has 1 aliphatic carbocycles. The van der Waals surface area contributed by atoms with Crippen LogP contribution < -0.4 is 4.90 Å². The average Bonchev–Trinajstić information content (AvgIpc) is 2.68. The van der Waals surface area contributed by atoms with E-state index in [2.05, 4.69) is 93.7 Å². The number of rotatable bonds is 4. The third kappa shape index (κ3) is 3.74. The van der Waals surface area contributed by atoms with Crippen LogP contribution in [0.15, 0.2) is 82.9 Å². The van der Waals surface area contributed by atoms with E-state index in [0.717, 1.165) is 23.4 Å². The Balaban J connectivity index is 1.59. The summed E-state index contributed by atoms with van der Waals surface area (Å²) in [6.07, 6.45) is 11.7. The highest BCUT2D eigenvalue weighted by Crippen LogP contribution is 2.38. The van der Waals surface area contributed by atoms with E-state index in [1.54, 1.807) is 5.57 Å². The maximum Gasteiger partial charge on any atom is 0.0511 e. The number of allylic oxidation sites excluding steroid dienone is 3. The van der Waals surface area contributed by atoms with Crippen molar-refractivity contribution < 1.29 is 0 Å². The summed E-state index contributed by atoms with van der Waals surface area (Å²) in [7, 11) is 0. The van der Waals surface area contributed by atoms with Crippen molar-refractivity contribution in [2.75, 3.05) is 11.4 Å². The average molecular weight is 394 g/mol. The SMILES string of the molecule is Brc1ccc(CCC2C3=CC=CCC3CCN2c2ccccc2)cc1. The summed E-state index contributed by atoms with van der Waals surface area (Å²) in [5.41, 5.74) is 4.41. The molecule has 2 aromatic carbocycles. The van der Waals surface area contributed by atoms with Crippen molar-refractivity contribution >= 4 is 21.6 Å². The van der Waals surface area contributed by atoms with Crippen LogP contribution in [0.1, 0.15) is 24.8 Å². The molecule has 0 spiro atoms. The second-order valence-corrected chi connectivity index (χ2v) is 7.94. The quantitative estimate of drug-likeness (QED) is 0.600. The number of hydrogen-bond donors (Lipinski definition) is 0. The van der Waals surface area contributed by atoms with Crippen LogP contribution >= 0.6 is 15.9 Å². The van der Waals surface area contributed by atoms with Crippen LogP contribution in [0.2, 0.25) is 0 Å². The van der Waals surface area contributed by atoms with Gasteiger partial charge in [0, 0.05) is 16.7 Å². The molecule has 2 unspecified atom stereocenters. The van der Waals surface area contributed by atoms with Crippen LogP contribution in [-0.2, 0) is 6.42 Å². The normalized spacial score (nSPS) is 22.4. The standard InChI is InChI=1S/C23H24BrN/c24-20-13-10-18(11-14-20)12-15-23-22-9-5-4-6-19(22)16-17-25(23)21-7-2-1-3-8-21/h1-5,7-11,13-14,19,23H,6,12,15-17H2. The van der Waals surface area contributed by atoms with Crippen molar-refractivity contribution in [3.63, 3.8) is 0 Å². The fraction of sp³-hybridized carbons (Fsp3) is 0.304. The Kier molecular flexibility index (Phi) is 5.07. The molecule has 0 aromatic heterocycles. The molecule has 4 rings (SSSR count). The van der Waals surface area contributed by atoms with Gasteiger partial charge in [0.1, 0.15) is 0 Å². The van der Waals surface area contributed by atoms with Crippen molar-refractivity contribution in [1.82, 2.24) is 0 Å². The molecule has 0 bridgehead atoms. The highest BCUT2D eigenvalue weighted by molar-refractivity contribution is 9.10. The monoisotopic (exact) mass is 393 g/mol. The molecule has 2 aromatic rings.